The summed E-state index contributed by atoms with van der Waals surface area (Å²) < 4.78 is 1.96. The van der Waals surface area contributed by atoms with E-state index in [9.17, 15) is 9.90 Å². The van der Waals surface area contributed by atoms with Gasteiger partial charge in [-0.05, 0) is 29.8 Å². The molecule has 26 heavy (non-hydrogen) atoms. The number of hydrogen-bond acceptors (Lipinski definition) is 5. The molecule has 0 unspecified atom stereocenters. The molecule has 0 fully saturated rings. The number of phenols is 1. The fourth-order valence-corrected chi connectivity index (χ4v) is 2.79. The standard InChI is InChI=1S/C20H16N4O2/c25-13-15-3-1-14(2-4-15)11-22-19-20-23-12-18(24(20)10-9-21-19)16-5-7-17(26)8-6-16/h1-10,12-13,26H,11H2,(H,21,22). The lowest BCUT2D eigenvalue weighted by Crippen LogP contribution is -2.04. The van der Waals surface area contributed by atoms with E-state index in [1.54, 1.807) is 36.7 Å². The Morgan fingerprint density at radius 1 is 1.04 bits per heavy atom. The third-order valence-electron chi connectivity index (χ3n) is 4.17. The van der Waals surface area contributed by atoms with Gasteiger partial charge in [-0.3, -0.25) is 9.20 Å². The van der Waals surface area contributed by atoms with Crippen molar-refractivity contribution < 1.29 is 9.90 Å². The number of nitrogens with zero attached hydrogens (tertiary/aromatic N) is 3. The molecule has 0 saturated heterocycles. The molecule has 128 valence electrons. The number of aromatic nitrogens is 3. The average Bonchev–Trinajstić information content (AvgIpc) is 3.12. The number of anilines is 1. The van der Waals surface area contributed by atoms with Gasteiger partial charge in [0.1, 0.15) is 12.0 Å². The van der Waals surface area contributed by atoms with Gasteiger partial charge in [0.25, 0.3) is 0 Å². The number of nitrogens with one attached hydrogen (secondary N) is 1. The van der Waals surface area contributed by atoms with Crippen molar-refractivity contribution in [3.05, 3.63) is 78.2 Å². The second kappa shape index (κ2) is 6.68. The Balaban J connectivity index is 1.61. The Labute approximate surface area is 149 Å². The van der Waals surface area contributed by atoms with Crippen LogP contribution in [0.3, 0.4) is 0 Å². The van der Waals surface area contributed by atoms with Gasteiger partial charge in [0.15, 0.2) is 11.5 Å². The number of benzene rings is 2. The van der Waals surface area contributed by atoms with Crippen molar-refractivity contribution in [2.45, 2.75) is 6.54 Å². The molecule has 0 aliphatic carbocycles. The summed E-state index contributed by atoms with van der Waals surface area (Å²) in [7, 11) is 0. The Morgan fingerprint density at radius 2 is 1.81 bits per heavy atom. The molecular formula is C20H16N4O2. The van der Waals surface area contributed by atoms with Gasteiger partial charge < -0.3 is 10.4 Å². The summed E-state index contributed by atoms with van der Waals surface area (Å²) in [6.07, 6.45) is 6.19. The number of fused-ring (bicyclic) bond motifs is 1. The molecule has 6 nitrogen and oxygen atoms in total. The largest absolute Gasteiger partial charge is 0.508 e. The topological polar surface area (TPSA) is 79.5 Å². The molecule has 4 rings (SSSR count). The van der Waals surface area contributed by atoms with Gasteiger partial charge in [0.2, 0.25) is 0 Å². The summed E-state index contributed by atoms with van der Waals surface area (Å²) in [4.78, 5) is 19.6. The van der Waals surface area contributed by atoms with Gasteiger partial charge in [0, 0.05) is 30.1 Å². The van der Waals surface area contributed by atoms with Crippen LogP contribution in [0, 0.1) is 0 Å². The van der Waals surface area contributed by atoms with E-state index in [-0.39, 0.29) is 5.75 Å². The third kappa shape index (κ3) is 3.00. The zero-order valence-electron chi connectivity index (χ0n) is 13.8. The maximum atomic E-state index is 10.7. The van der Waals surface area contributed by atoms with Crippen LogP contribution in [0.15, 0.2) is 67.1 Å². The molecule has 6 heteroatoms. The first kappa shape index (κ1) is 15.8. The lowest BCUT2D eigenvalue weighted by Gasteiger charge is -2.08. The molecule has 0 aliphatic rings. The van der Waals surface area contributed by atoms with E-state index in [0.29, 0.717) is 17.9 Å². The molecule has 0 aliphatic heterocycles. The lowest BCUT2D eigenvalue weighted by atomic mass is 10.1. The minimum absolute atomic E-state index is 0.229. The van der Waals surface area contributed by atoms with Crippen molar-refractivity contribution in [2.24, 2.45) is 0 Å². The van der Waals surface area contributed by atoms with Crippen molar-refractivity contribution >= 4 is 17.8 Å². The lowest BCUT2D eigenvalue weighted by molar-refractivity contribution is 0.112. The summed E-state index contributed by atoms with van der Waals surface area (Å²) in [6.45, 7) is 0.577. The second-order valence-corrected chi connectivity index (χ2v) is 5.87. The molecular weight excluding hydrogens is 328 g/mol. The molecule has 2 heterocycles. The smallest absolute Gasteiger partial charge is 0.180 e. The predicted octanol–water partition coefficient (Wildman–Crippen LogP) is 3.53. The summed E-state index contributed by atoms with van der Waals surface area (Å²) in [5, 5.41) is 12.8. The number of aromatic hydroxyl groups is 1. The minimum atomic E-state index is 0.229. The summed E-state index contributed by atoms with van der Waals surface area (Å²) in [6, 6.07) is 14.4. The molecule has 0 bridgehead atoms. The number of phenolic OH excluding ortho intramolecular Hbond substituents is 1. The Bertz CT molecular complexity index is 1050. The third-order valence-corrected chi connectivity index (χ3v) is 4.17. The van der Waals surface area contributed by atoms with Crippen LogP contribution in [0.5, 0.6) is 5.75 Å². The Morgan fingerprint density at radius 3 is 2.54 bits per heavy atom. The molecule has 2 N–H and O–H groups in total. The van der Waals surface area contributed by atoms with E-state index in [4.69, 9.17) is 0 Å². The van der Waals surface area contributed by atoms with Crippen LogP contribution < -0.4 is 5.32 Å². The zero-order valence-corrected chi connectivity index (χ0v) is 13.8. The average molecular weight is 344 g/mol. The maximum Gasteiger partial charge on any atom is 0.180 e. The van der Waals surface area contributed by atoms with E-state index >= 15 is 0 Å². The van der Waals surface area contributed by atoms with E-state index in [1.165, 1.54) is 0 Å². The van der Waals surface area contributed by atoms with Gasteiger partial charge in [-0.25, -0.2) is 9.97 Å². The first-order valence-electron chi connectivity index (χ1n) is 8.14. The van der Waals surface area contributed by atoms with E-state index < -0.39 is 0 Å². The van der Waals surface area contributed by atoms with Crippen LogP contribution in [-0.2, 0) is 6.54 Å². The number of rotatable bonds is 5. The van der Waals surface area contributed by atoms with Gasteiger partial charge in [-0.15, -0.1) is 0 Å². The predicted molar refractivity (Wildman–Crippen MR) is 99.2 cm³/mol. The summed E-state index contributed by atoms with van der Waals surface area (Å²) in [5.41, 5.74) is 4.29. The van der Waals surface area contributed by atoms with Crippen molar-refractivity contribution in [3.63, 3.8) is 0 Å². The number of imidazole rings is 1. The quantitative estimate of drug-likeness (QED) is 0.542. The number of aldehydes is 1. The van der Waals surface area contributed by atoms with Gasteiger partial charge in [-0.2, -0.15) is 0 Å². The molecule has 4 aromatic rings. The van der Waals surface area contributed by atoms with E-state index in [1.807, 2.05) is 34.9 Å². The van der Waals surface area contributed by atoms with Crippen molar-refractivity contribution in [2.75, 3.05) is 5.32 Å². The molecule has 0 amide bonds. The molecule has 0 spiro atoms. The highest BCUT2D eigenvalue weighted by molar-refractivity contribution is 5.74. The SMILES string of the molecule is O=Cc1ccc(CNc2nccn3c(-c4ccc(O)cc4)cnc23)cc1. The summed E-state index contributed by atoms with van der Waals surface area (Å²) >= 11 is 0. The molecule has 2 aromatic heterocycles. The van der Waals surface area contributed by atoms with E-state index in [2.05, 4.69) is 15.3 Å². The first-order chi connectivity index (χ1) is 12.7. The van der Waals surface area contributed by atoms with Crippen LogP contribution in [-0.4, -0.2) is 25.8 Å². The van der Waals surface area contributed by atoms with Crippen molar-refractivity contribution in [3.8, 4) is 17.0 Å². The number of carbonyl (C=O) groups is 1. The molecule has 0 radical (unpaired) electrons. The summed E-state index contributed by atoms with van der Waals surface area (Å²) in [5.74, 6) is 0.907. The van der Waals surface area contributed by atoms with Gasteiger partial charge in [-0.1, -0.05) is 24.3 Å². The minimum Gasteiger partial charge on any atom is -0.508 e. The van der Waals surface area contributed by atoms with Crippen LogP contribution >= 0.6 is 0 Å². The first-order valence-corrected chi connectivity index (χ1v) is 8.14. The normalized spacial score (nSPS) is 10.8. The molecule has 2 aromatic carbocycles. The van der Waals surface area contributed by atoms with E-state index in [0.717, 1.165) is 28.8 Å². The molecule has 0 saturated carbocycles. The van der Waals surface area contributed by atoms with Crippen LogP contribution in [0.25, 0.3) is 16.9 Å². The van der Waals surface area contributed by atoms with Crippen LogP contribution in [0.2, 0.25) is 0 Å². The van der Waals surface area contributed by atoms with Crippen LogP contribution in [0.4, 0.5) is 5.82 Å². The number of carbonyl (C=O) groups excluding carboxylic acids is 1. The second-order valence-electron chi connectivity index (χ2n) is 5.87. The maximum absolute atomic E-state index is 10.7. The highest BCUT2D eigenvalue weighted by Gasteiger charge is 2.10. The van der Waals surface area contributed by atoms with Crippen molar-refractivity contribution in [1.29, 1.82) is 0 Å². The zero-order chi connectivity index (χ0) is 17.9. The molecule has 0 atom stereocenters. The van der Waals surface area contributed by atoms with Gasteiger partial charge >= 0.3 is 0 Å². The number of hydrogen-bond donors (Lipinski definition) is 2. The van der Waals surface area contributed by atoms with Crippen molar-refractivity contribution in [1.82, 2.24) is 14.4 Å². The fourth-order valence-electron chi connectivity index (χ4n) is 2.79. The monoisotopic (exact) mass is 344 g/mol. The fraction of sp³-hybridized carbons (Fsp3) is 0.0500. The highest BCUT2D eigenvalue weighted by atomic mass is 16.3. The van der Waals surface area contributed by atoms with Gasteiger partial charge in [0.05, 0.1) is 11.9 Å². The highest BCUT2D eigenvalue weighted by Crippen LogP contribution is 2.25. The Kier molecular flexibility index (Phi) is 4.07. The Hall–Kier alpha value is -3.67. The van der Waals surface area contributed by atoms with Crippen LogP contribution in [0.1, 0.15) is 15.9 Å².